The van der Waals surface area contributed by atoms with Gasteiger partial charge in [0.2, 0.25) is 5.43 Å². The molecule has 0 bridgehead atoms. The van der Waals surface area contributed by atoms with Gasteiger partial charge in [0, 0.05) is 13.6 Å². The maximum atomic E-state index is 12.7. The van der Waals surface area contributed by atoms with Crippen molar-refractivity contribution in [1.82, 2.24) is 15.1 Å². The first kappa shape index (κ1) is 19.4. The molecule has 0 saturated heterocycles. The Labute approximate surface area is 162 Å². The van der Waals surface area contributed by atoms with E-state index >= 15 is 0 Å². The number of rotatable bonds is 6. The number of carbonyl (C=O) groups is 1. The summed E-state index contributed by atoms with van der Waals surface area (Å²) in [5.74, 6) is 0.797. The molecule has 7 heteroatoms. The van der Waals surface area contributed by atoms with Gasteiger partial charge in [-0.1, -0.05) is 17.7 Å². The van der Waals surface area contributed by atoms with Crippen molar-refractivity contribution in [3.8, 4) is 11.5 Å². The summed E-state index contributed by atoms with van der Waals surface area (Å²) in [7, 11) is 4.88. The van der Waals surface area contributed by atoms with Crippen LogP contribution in [0.15, 0.2) is 41.2 Å². The van der Waals surface area contributed by atoms with Crippen LogP contribution in [0.1, 0.15) is 21.6 Å². The van der Waals surface area contributed by atoms with Crippen molar-refractivity contribution in [3.63, 3.8) is 0 Å². The van der Waals surface area contributed by atoms with Gasteiger partial charge in [0.05, 0.1) is 25.1 Å². The summed E-state index contributed by atoms with van der Waals surface area (Å²) in [5, 5.41) is 7.42. The highest BCUT2D eigenvalue weighted by Crippen LogP contribution is 2.27. The van der Waals surface area contributed by atoms with Crippen LogP contribution >= 0.6 is 0 Å². The maximum absolute atomic E-state index is 12.7. The molecule has 7 nitrogen and oxygen atoms in total. The molecule has 0 aliphatic rings. The van der Waals surface area contributed by atoms with E-state index in [0.29, 0.717) is 35.4 Å². The van der Waals surface area contributed by atoms with E-state index in [1.165, 1.54) is 0 Å². The average molecular weight is 381 g/mol. The van der Waals surface area contributed by atoms with Gasteiger partial charge < -0.3 is 14.8 Å². The lowest BCUT2D eigenvalue weighted by Gasteiger charge is -2.11. The number of aryl methyl sites for hydroxylation is 2. The number of hydrogen-bond donors (Lipinski definition) is 1. The Bertz CT molecular complexity index is 1090. The second-order valence-corrected chi connectivity index (χ2v) is 6.52. The predicted octanol–water partition coefficient (Wildman–Crippen LogP) is 2.23. The molecule has 28 heavy (non-hydrogen) atoms. The quantitative estimate of drug-likeness (QED) is 0.708. The Morgan fingerprint density at radius 3 is 2.57 bits per heavy atom. The van der Waals surface area contributed by atoms with E-state index in [9.17, 15) is 9.59 Å². The van der Waals surface area contributed by atoms with Crippen LogP contribution in [-0.2, 0) is 13.5 Å². The minimum atomic E-state index is -0.482. The van der Waals surface area contributed by atoms with E-state index in [0.717, 1.165) is 11.1 Å². The fourth-order valence-corrected chi connectivity index (χ4v) is 3.08. The summed E-state index contributed by atoms with van der Waals surface area (Å²) in [5.41, 5.74) is 2.16. The van der Waals surface area contributed by atoms with Crippen LogP contribution in [0, 0.1) is 6.92 Å². The molecular weight excluding hydrogens is 358 g/mol. The summed E-state index contributed by atoms with van der Waals surface area (Å²) in [4.78, 5) is 25.2. The molecule has 0 fully saturated rings. The zero-order valence-electron chi connectivity index (χ0n) is 16.4. The molecule has 2 aromatic carbocycles. The van der Waals surface area contributed by atoms with Crippen molar-refractivity contribution < 1.29 is 14.3 Å². The Kier molecular flexibility index (Phi) is 5.63. The van der Waals surface area contributed by atoms with E-state index < -0.39 is 5.91 Å². The Hall–Kier alpha value is -3.35. The molecule has 0 spiro atoms. The summed E-state index contributed by atoms with van der Waals surface area (Å²) in [6.07, 6.45) is 0.582. The highest BCUT2D eigenvalue weighted by molar-refractivity contribution is 5.95. The molecule has 1 heterocycles. The summed E-state index contributed by atoms with van der Waals surface area (Å²) in [6, 6.07) is 11.1. The third-order valence-corrected chi connectivity index (χ3v) is 4.57. The van der Waals surface area contributed by atoms with Crippen molar-refractivity contribution in [2.24, 2.45) is 7.05 Å². The molecule has 0 aliphatic carbocycles. The molecule has 0 atom stereocenters. The van der Waals surface area contributed by atoms with E-state index in [1.54, 1.807) is 32.0 Å². The van der Waals surface area contributed by atoms with Crippen molar-refractivity contribution >= 4 is 16.8 Å². The molecule has 1 aromatic heterocycles. The van der Waals surface area contributed by atoms with E-state index in [2.05, 4.69) is 10.4 Å². The van der Waals surface area contributed by atoms with E-state index in [1.807, 2.05) is 37.3 Å². The number of benzene rings is 2. The molecule has 0 radical (unpaired) electrons. The molecule has 3 aromatic rings. The second-order valence-electron chi connectivity index (χ2n) is 6.52. The van der Waals surface area contributed by atoms with Crippen LogP contribution in [0.5, 0.6) is 11.5 Å². The van der Waals surface area contributed by atoms with Crippen LogP contribution in [0.4, 0.5) is 0 Å². The van der Waals surface area contributed by atoms with Gasteiger partial charge >= 0.3 is 0 Å². The van der Waals surface area contributed by atoms with Crippen LogP contribution in [0.25, 0.3) is 10.9 Å². The first-order chi connectivity index (χ1) is 13.4. The van der Waals surface area contributed by atoms with Crippen LogP contribution in [0.2, 0.25) is 0 Å². The van der Waals surface area contributed by atoms with Gasteiger partial charge in [-0.15, -0.1) is 0 Å². The van der Waals surface area contributed by atoms with E-state index in [4.69, 9.17) is 9.47 Å². The Morgan fingerprint density at radius 2 is 1.86 bits per heavy atom. The van der Waals surface area contributed by atoms with Gasteiger partial charge in [0.25, 0.3) is 5.91 Å². The highest BCUT2D eigenvalue weighted by atomic mass is 16.5. The average Bonchev–Trinajstić information content (AvgIpc) is 2.70. The van der Waals surface area contributed by atoms with Crippen LogP contribution in [0.3, 0.4) is 0 Å². The van der Waals surface area contributed by atoms with Gasteiger partial charge in [0.15, 0.2) is 17.2 Å². The van der Waals surface area contributed by atoms with Crippen molar-refractivity contribution in [1.29, 1.82) is 0 Å². The van der Waals surface area contributed by atoms with E-state index in [-0.39, 0.29) is 11.1 Å². The third kappa shape index (κ3) is 3.83. The molecule has 3 rings (SSSR count). The molecular formula is C21H23N3O4. The SMILES string of the molecule is COc1ccc(CCNC(=O)c2nn(C)c3ccc(C)cc3c2=O)cc1OC. The van der Waals surface area contributed by atoms with Crippen molar-refractivity contribution in [2.45, 2.75) is 13.3 Å². The van der Waals surface area contributed by atoms with Crippen molar-refractivity contribution in [2.75, 3.05) is 20.8 Å². The number of methoxy groups -OCH3 is 2. The molecule has 1 N–H and O–H groups in total. The lowest BCUT2D eigenvalue weighted by Crippen LogP contribution is -2.33. The predicted molar refractivity (Wildman–Crippen MR) is 107 cm³/mol. The number of aromatic nitrogens is 2. The first-order valence-corrected chi connectivity index (χ1v) is 8.91. The number of hydrogen-bond acceptors (Lipinski definition) is 5. The zero-order chi connectivity index (χ0) is 20.3. The van der Waals surface area contributed by atoms with Crippen LogP contribution in [-0.4, -0.2) is 36.5 Å². The topological polar surface area (TPSA) is 82.5 Å². The molecule has 1 amide bonds. The summed E-state index contributed by atoms with van der Waals surface area (Å²) >= 11 is 0. The minimum absolute atomic E-state index is 0.104. The first-order valence-electron chi connectivity index (χ1n) is 8.91. The van der Waals surface area contributed by atoms with Gasteiger partial charge in [-0.05, 0) is 43.2 Å². The van der Waals surface area contributed by atoms with Gasteiger partial charge in [-0.3, -0.25) is 14.3 Å². The maximum Gasteiger partial charge on any atom is 0.275 e. The number of amides is 1. The fraction of sp³-hybridized carbons (Fsp3) is 0.286. The lowest BCUT2D eigenvalue weighted by atomic mass is 10.1. The highest BCUT2D eigenvalue weighted by Gasteiger charge is 2.16. The number of carbonyl (C=O) groups excluding carboxylic acids is 1. The number of fused-ring (bicyclic) bond motifs is 1. The molecule has 146 valence electrons. The number of nitrogens with one attached hydrogen (secondary N) is 1. The molecule has 0 saturated carbocycles. The minimum Gasteiger partial charge on any atom is -0.493 e. The molecule has 0 unspecified atom stereocenters. The fourth-order valence-electron chi connectivity index (χ4n) is 3.08. The monoisotopic (exact) mass is 381 g/mol. The Balaban J connectivity index is 1.75. The van der Waals surface area contributed by atoms with Crippen LogP contribution < -0.4 is 20.2 Å². The van der Waals surface area contributed by atoms with Crippen molar-refractivity contribution in [3.05, 3.63) is 63.4 Å². The van der Waals surface area contributed by atoms with Gasteiger partial charge in [-0.25, -0.2) is 0 Å². The normalized spacial score (nSPS) is 10.7. The standard InChI is InChI=1S/C21H23N3O4/c1-13-5-7-16-15(11-13)20(25)19(23-24(16)2)21(26)22-10-9-14-6-8-17(27-3)18(12-14)28-4/h5-8,11-12H,9-10H2,1-4H3,(H,22,26). The molecule has 0 aliphatic heterocycles. The van der Waals surface area contributed by atoms with Gasteiger partial charge in [0.1, 0.15) is 0 Å². The number of ether oxygens (including phenoxy) is 2. The largest absolute Gasteiger partial charge is 0.493 e. The third-order valence-electron chi connectivity index (χ3n) is 4.57. The summed E-state index contributed by atoms with van der Waals surface area (Å²) in [6.45, 7) is 2.27. The second kappa shape index (κ2) is 8.12. The Morgan fingerprint density at radius 1 is 1.11 bits per heavy atom. The number of nitrogens with zero attached hydrogens (tertiary/aromatic N) is 2. The zero-order valence-corrected chi connectivity index (χ0v) is 16.4. The smallest absolute Gasteiger partial charge is 0.275 e. The van der Waals surface area contributed by atoms with Gasteiger partial charge in [-0.2, -0.15) is 5.10 Å². The lowest BCUT2D eigenvalue weighted by molar-refractivity contribution is 0.0946. The summed E-state index contributed by atoms with van der Waals surface area (Å²) < 4.78 is 12.1.